The summed E-state index contributed by atoms with van der Waals surface area (Å²) in [4.78, 5) is 0. The number of hydrogen-bond acceptors (Lipinski definition) is 3. The highest BCUT2D eigenvalue weighted by molar-refractivity contribution is 5.48. The SMILES string of the molecule is N#Cc1cccc(NCCCN)c1. The zero-order valence-electron chi connectivity index (χ0n) is 7.46. The highest BCUT2D eigenvalue weighted by atomic mass is 14.9. The van der Waals surface area contributed by atoms with E-state index in [4.69, 9.17) is 11.0 Å². The van der Waals surface area contributed by atoms with E-state index in [1.54, 1.807) is 6.07 Å². The number of nitrogens with one attached hydrogen (secondary N) is 1. The van der Waals surface area contributed by atoms with Crippen LogP contribution in [-0.4, -0.2) is 13.1 Å². The van der Waals surface area contributed by atoms with Gasteiger partial charge in [-0.1, -0.05) is 6.07 Å². The van der Waals surface area contributed by atoms with E-state index in [1.807, 2.05) is 18.2 Å². The molecule has 0 aliphatic heterocycles. The number of hydrogen-bond donors (Lipinski definition) is 2. The summed E-state index contributed by atoms with van der Waals surface area (Å²) in [6, 6.07) is 9.52. The molecule has 1 rings (SSSR count). The lowest BCUT2D eigenvalue weighted by Gasteiger charge is -2.04. The fourth-order valence-electron chi connectivity index (χ4n) is 1.03. The van der Waals surface area contributed by atoms with Gasteiger partial charge in [0, 0.05) is 12.2 Å². The minimum Gasteiger partial charge on any atom is -0.385 e. The van der Waals surface area contributed by atoms with E-state index in [9.17, 15) is 0 Å². The lowest BCUT2D eigenvalue weighted by molar-refractivity contribution is 0.874. The lowest BCUT2D eigenvalue weighted by Crippen LogP contribution is -2.08. The minimum absolute atomic E-state index is 0.678. The molecule has 0 atom stereocenters. The molecule has 0 aliphatic carbocycles. The van der Waals surface area contributed by atoms with Crippen molar-refractivity contribution in [3.8, 4) is 6.07 Å². The van der Waals surface area contributed by atoms with Crippen LogP contribution in [-0.2, 0) is 0 Å². The van der Waals surface area contributed by atoms with Crippen LogP contribution < -0.4 is 11.1 Å². The van der Waals surface area contributed by atoms with E-state index in [0.29, 0.717) is 12.1 Å². The van der Waals surface area contributed by atoms with Crippen LogP contribution in [0.5, 0.6) is 0 Å². The van der Waals surface area contributed by atoms with Crippen LogP contribution >= 0.6 is 0 Å². The summed E-state index contributed by atoms with van der Waals surface area (Å²) in [5.74, 6) is 0. The summed E-state index contributed by atoms with van der Waals surface area (Å²) in [6.45, 7) is 1.54. The predicted octanol–water partition coefficient (Wildman–Crippen LogP) is 1.32. The maximum atomic E-state index is 8.64. The smallest absolute Gasteiger partial charge is 0.0992 e. The Bertz CT molecular complexity index is 301. The highest BCUT2D eigenvalue weighted by Crippen LogP contribution is 2.09. The predicted molar refractivity (Wildman–Crippen MR) is 53.3 cm³/mol. The second-order valence-corrected chi connectivity index (χ2v) is 2.76. The van der Waals surface area contributed by atoms with Crippen LogP contribution in [0, 0.1) is 11.3 Å². The van der Waals surface area contributed by atoms with Gasteiger partial charge in [-0.2, -0.15) is 5.26 Å². The first-order chi connectivity index (χ1) is 6.36. The van der Waals surface area contributed by atoms with Crippen molar-refractivity contribution in [3.05, 3.63) is 29.8 Å². The first-order valence-corrected chi connectivity index (χ1v) is 4.31. The van der Waals surface area contributed by atoms with E-state index in [0.717, 1.165) is 18.7 Å². The summed E-state index contributed by atoms with van der Waals surface area (Å²) in [5.41, 5.74) is 7.01. The van der Waals surface area contributed by atoms with E-state index in [1.165, 1.54) is 0 Å². The Morgan fingerprint density at radius 1 is 1.46 bits per heavy atom. The van der Waals surface area contributed by atoms with Gasteiger partial charge in [-0.3, -0.25) is 0 Å². The number of anilines is 1. The first kappa shape index (κ1) is 9.56. The number of nitrogens with zero attached hydrogens (tertiary/aromatic N) is 1. The second kappa shape index (κ2) is 5.18. The van der Waals surface area contributed by atoms with Gasteiger partial charge in [-0.15, -0.1) is 0 Å². The van der Waals surface area contributed by atoms with Crippen LogP contribution in [0.25, 0.3) is 0 Å². The maximum absolute atomic E-state index is 8.64. The molecule has 0 aromatic heterocycles. The van der Waals surface area contributed by atoms with Gasteiger partial charge in [0.2, 0.25) is 0 Å². The van der Waals surface area contributed by atoms with Gasteiger partial charge in [-0.05, 0) is 31.2 Å². The molecular weight excluding hydrogens is 162 g/mol. The number of benzene rings is 1. The van der Waals surface area contributed by atoms with Crippen molar-refractivity contribution in [1.29, 1.82) is 5.26 Å². The molecule has 0 fully saturated rings. The minimum atomic E-state index is 0.678. The largest absolute Gasteiger partial charge is 0.385 e. The summed E-state index contributed by atoms with van der Waals surface area (Å²) in [5, 5.41) is 11.8. The normalized spacial score (nSPS) is 9.23. The fraction of sp³-hybridized carbons (Fsp3) is 0.300. The van der Waals surface area contributed by atoms with Crippen molar-refractivity contribution in [2.75, 3.05) is 18.4 Å². The Balaban J connectivity index is 2.52. The Morgan fingerprint density at radius 3 is 3.00 bits per heavy atom. The molecule has 1 aromatic rings. The molecule has 3 N–H and O–H groups in total. The summed E-state index contributed by atoms with van der Waals surface area (Å²) in [6.07, 6.45) is 0.941. The third-order valence-corrected chi connectivity index (χ3v) is 1.70. The average Bonchev–Trinajstić information content (AvgIpc) is 2.19. The topological polar surface area (TPSA) is 61.8 Å². The lowest BCUT2D eigenvalue weighted by atomic mass is 10.2. The van der Waals surface area contributed by atoms with Gasteiger partial charge in [0.1, 0.15) is 0 Å². The molecule has 13 heavy (non-hydrogen) atoms. The van der Waals surface area contributed by atoms with E-state index < -0.39 is 0 Å². The van der Waals surface area contributed by atoms with Crippen molar-refractivity contribution < 1.29 is 0 Å². The maximum Gasteiger partial charge on any atom is 0.0992 e. The van der Waals surface area contributed by atoms with Crippen LogP contribution in [0.2, 0.25) is 0 Å². The Hall–Kier alpha value is -1.53. The van der Waals surface area contributed by atoms with Crippen molar-refractivity contribution >= 4 is 5.69 Å². The fourth-order valence-corrected chi connectivity index (χ4v) is 1.03. The zero-order chi connectivity index (χ0) is 9.52. The van der Waals surface area contributed by atoms with Crippen LogP contribution in [0.4, 0.5) is 5.69 Å². The Morgan fingerprint density at radius 2 is 2.31 bits per heavy atom. The summed E-state index contributed by atoms with van der Waals surface area (Å²) in [7, 11) is 0. The van der Waals surface area contributed by atoms with Gasteiger partial charge in [0.15, 0.2) is 0 Å². The summed E-state index contributed by atoms with van der Waals surface area (Å²) >= 11 is 0. The van der Waals surface area contributed by atoms with Gasteiger partial charge in [0.25, 0.3) is 0 Å². The molecule has 0 unspecified atom stereocenters. The molecule has 68 valence electrons. The monoisotopic (exact) mass is 175 g/mol. The molecule has 1 aromatic carbocycles. The van der Waals surface area contributed by atoms with Crippen LogP contribution in [0.15, 0.2) is 24.3 Å². The van der Waals surface area contributed by atoms with Gasteiger partial charge in [0.05, 0.1) is 11.6 Å². The second-order valence-electron chi connectivity index (χ2n) is 2.76. The van der Waals surface area contributed by atoms with Crippen LogP contribution in [0.1, 0.15) is 12.0 Å². The average molecular weight is 175 g/mol. The molecule has 0 aliphatic rings. The standard InChI is InChI=1S/C10H13N3/c11-5-2-6-13-10-4-1-3-9(7-10)8-12/h1,3-4,7,13H,2,5-6,11H2. The van der Waals surface area contributed by atoms with Crippen molar-refractivity contribution in [3.63, 3.8) is 0 Å². The van der Waals surface area contributed by atoms with Crippen molar-refractivity contribution in [1.82, 2.24) is 0 Å². The number of nitrogens with two attached hydrogens (primary N) is 1. The van der Waals surface area contributed by atoms with E-state index in [-0.39, 0.29) is 0 Å². The quantitative estimate of drug-likeness (QED) is 0.678. The summed E-state index contributed by atoms with van der Waals surface area (Å²) < 4.78 is 0. The van der Waals surface area contributed by atoms with E-state index >= 15 is 0 Å². The third-order valence-electron chi connectivity index (χ3n) is 1.70. The van der Waals surface area contributed by atoms with Gasteiger partial charge in [-0.25, -0.2) is 0 Å². The highest BCUT2D eigenvalue weighted by Gasteiger charge is 1.92. The van der Waals surface area contributed by atoms with Crippen LogP contribution in [0.3, 0.4) is 0 Å². The molecule has 0 bridgehead atoms. The molecule has 0 radical (unpaired) electrons. The molecule has 0 spiro atoms. The Labute approximate surface area is 78.2 Å². The van der Waals surface area contributed by atoms with Gasteiger partial charge >= 0.3 is 0 Å². The molecule has 0 saturated carbocycles. The molecule has 0 heterocycles. The molecule has 0 saturated heterocycles. The molecule has 3 nitrogen and oxygen atoms in total. The molecule has 3 heteroatoms. The van der Waals surface area contributed by atoms with Crippen molar-refractivity contribution in [2.24, 2.45) is 5.73 Å². The third kappa shape index (κ3) is 3.14. The molecular formula is C10H13N3. The Kier molecular flexibility index (Phi) is 3.80. The molecule has 0 amide bonds. The first-order valence-electron chi connectivity index (χ1n) is 4.31. The zero-order valence-corrected chi connectivity index (χ0v) is 7.46. The van der Waals surface area contributed by atoms with Crippen molar-refractivity contribution in [2.45, 2.75) is 6.42 Å². The number of rotatable bonds is 4. The van der Waals surface area contributed by atoms with E-state index in [2.05, 4.69) is 11.4 Å². The number of nitriles is 1. The van der Waals surface area contributed by atoms with Gasteiger partial charge < -0.3 is 11.1 Å².